The summed E-state index contributed by atoms with van der Waals surface area (Å²) in [6, 6.07) is 7.44. The fourth-order valence-corrected chi connectivity index (χ4v) is 2.85. The molecule has 5 heteroatoms. The van der Waals surface area contributed by atoms with Gasteiger partial charge in [0.1, 0.15) is 0 Å². The van der Waals surface area contributed by atoms with Crippen molar-refractivity contribution in [1.29, 1.82) is 0 Å². The van der Waals surface area contributed by atoms with Gasteiger partial charge in [-0.25, -0.2) is 0 Å². The summed E-state index contributed by atoms with van der Waals surface area (Å²) in [6.45, 7) is 0. The van der Waals surface area contributed by atoms with Gasteiger partial charge in [0.05, 0.1) is 0 Å². The van der Waals surface area contributed by atoms with Crippen molar-refractivity contribution in [3.8, 4) is 5.75 Å². The van der Waals surface area contributed by atoms with Crippen molar-refractivity contribution in [3.05, 3.63) is 24.3 Å². The quantitative estimate of drug-likeness (QED) is 0.761. The number of rotatable bonds is 2. The van der Waals surface area contributed by atoms with Crippen LogP contribution >= 0.6 is 11.8 Å². The Morgan fingerprint density at radius 3 is 2.53 bits per heavy atom. The summed E-state index contributed by atoms with van der Waals surface area (Å²) in [5.41, 5.74) is 0.875. The Kier molecular flexibility index (Phi) is 3.14. The summed E-state index contributed by atoms with van der Waals surface area (Å²) in [5, 5.41) is 0. The van der Waals surface area contributed by atoms with E-state index in [2.05, 4.69) is 15.6 Å². The minimum atomic E-state index is 0.110. The molecule has 1 heterocycles. The number of carbonyl (C=O) groups is 1. The molecular weight excluding hydrogens is 277 g/mol. The summed E-state index contributed by atoms with van der Waals surface area (Å²) >= 11 is 4.42. The summed E-state index contributed by atoms with van der Waals surface area (Å²) in [6.07, 6.45) is 0. The topological polar surface area (TPSA) is 29.5 Å². The van der Waals surface area contributed by atoms with E-state index < -0.39 is 0 Å². The number of ether oxygens (including phenoxy) is 1. The molecule has 0 bridgehead atoms. The zero-order valence-electron chi connectivity index (χ0n) is 8.10. The van der Waals surface area contributed by atoms with Crippen molar-refractivity contribution in [2.24, 2.45) is 0 Å². The summed E-state index contributed by atoms with van der Waals surface area (Å²) in [4.78, 5) is 13.3. The van der Waals surface area contributed by atoms with Gasteiger partial charge in [0.2, 0.25) is 0 Å². The van der Waals surface area contributed by atoms with E-state index in [1.165, 1.54) is 11.8 Å². The molecule has 0 radical (unpaired) electrons. The second-order valence-corrected chi connectivity index (χ2v) is 5.34. The normalized spacial score (nSPS) is 15.9. The average molecular weight is 286 g/mol. The summed E-state index contributed by atoms with van der Waals surface area (Å²) in [5.74, 6) is 1.41. The zero-order valence-corrected chi connectivity index (χ0v) is 10.6. The van der Waals surface area contributed by atoms with E-state index in [1.807, 2.05) is 24.3 Å². The number of anilines is 1. The Bertz CT molecular complexity index is 388. The molecule has 2 rings (SSSR count). The SMILES string of the molecule is COc1ccc(N2C(=O)CSC2=[Se])cc1. The van der Waals surface area contributed by atoms with E-state index in [4.69, 9.17) is 4.74 Å². The van der Waals surface area contributed by atoms with Crippen molar-refractivity contribution in [1.82, 2.24) is 0 Å². The van der Waals surface area contributed by atoms with Crippen LogP contribution in [0.1, 0.15) is 0 Å². The van der Waals surface area contributed by atoms with Gasteiger partial charge in [0.15, 0.2) is 0 Å². The molecule has 15 heavy (non-hydrogen) atoms. The Labute approximate surface area is 100 Å². The maximum absolute atomic E-state index is 11.6. The van der Waals surface area contributed by atoms with Gasteiger partial charge in [-0.15, -0.1) is 0 Å². The van der Waals surface area contributed by atoms with Crippen LogP contribution < -0.4 is 9.64 Å². The third-order valence-corrected chi connectivity index (χ3v) is 4.03. The number of methoxy groups -OCH3 is 1. The molecule has 78 valence electrons. The number of hydrogen-bond donors (Lipinski definition) is 0. The van der Waals surface area contributed by atoms with E-state index in [0.29, 0.717) is 5.75 Å². The molecule has 1 saturated heterocycles. The van der Waals surface area contributed by atoms with Crippen molar-refractivity contribution < 1.29 is 9.53 Å². The average Bonchev–Trinajstić information content (AvgIpc) is 2.59. The Morgan fingerprint density at radius 1 is 1.40 bits per heavy atom. The second kappa shape index (κ2) is 4.39. The van der Waals surface area contributed by atoms with Crippen LogP contribution in [0.15, 0.2) is 24.3 Å². The Balaban J connectivity index is 2.29. The maximum atomic E-state index is 11.6. The predicted octanol–water partition coefficient (Wildman–Crippen LogP) is 1.03. The van der Waals surface area contributed by atoms with Crippen molar-refractivity contribution in [2.75, 3.05) is 17.8 Å². The molecule has 1 amide bonds. The van der Waals surface area contributed by atoms with Crippen molar-refractivity contribution in [3.63, 3.8) is 0 Å². The number of benzene rings is 1. The first-order valence-electron chi connectivity index (χ1n) is 4.36. The Morgan fingerprint density at radius 2 is 2.07 bits per heavy atom. The molecule has 1 aromatic carbocycles. The second-order valence-electron chi connectivity index (χ2n) is 2.98. The van der Waals surface area contributed by atoms with E-state index in [1.54, 1.807) is 12.0 Å². The third-order valence-electron chi connectivity index (χ3n) is 2.08. The Hall–Kier alpha value is -0.771. The molecule has 0 saturated carbocycles. The molecule has 1 aliphatic rings. The molecule has 0 spiro atoms. The fourth-order valence-electron chi connectivity index (χ4n) is 1.34. The summed E-state index contributed by atoms with van der Waals surface area (Å²) < 4.78 is 5.97. The van der Waals surface area contributed by atoms with Crippen LogP contribution in [-0.2, 0) is 4.79 Å². The van der Waals surface area contributed by atoms with Crippen LogP contribution in [-0.4, -0.2) is 38.2 Å². The van der Waals surface area contributed by atoms with Gasteiger partial charge in [-0.05, 0) is 0 Å². The van der Waals surface area contributed by atoms with Crippen LogP contribution in [0.2, 0.25) is 0 Å². The molecule has 0 N–H and O–H groups in total. The fraction of sp³-hybridized carbons (Fsp3) is 0.200. The van der Waals surface area contributed by atoms with Crippen molar-refractivity contribution >= 4 is 42.8 Å². The molecule has 0 unspecified atom stereocenters. The first kappa shape index (κ1) is 10.7. The van der Waals surface area contributed by atoms with Crippen LogP contribution in [0.25, 0.3) is 0 Å². The minimum absolute atomic E-state index is 0.110. The molecule has 0 atom stereocenters. The number of nitrogens with zero attached hydrogens (tertiary/aromatic N) is 1. The first-order chi connectivity index (χ1) is 7.22. The first-order valence-corrected chi connectivity index (χ1v) is 6.20. The molecule has 1 aromatic rings. The van der Waals surface area contributed by atoms with Gasteiger partial charge < -0.3 is 0 Å². The predicted molar refractivity (Wildman–Crippen MR) is 63.7 cm³/mol. The van der Waals surface area contributed by atoms with Crippen LogP contribution in [0.3, 0.4) is 0 Å². The monoisotopic (exact) mass is 287 g/mol. The van der Waals surface area contributed by atoms with Crippen LogP contribution in [0.5, 0.6) is 5.75 Å². The van der Waals surface area contributed by atoms with Gasteiger partial charge in [-0.1, -0.05) is 0 Å². The number of carbonyl (C=O) groups excluding carboxylic acids is 1. The standard InChI is InChI=1S/C10H9NO2SSe/c1-13-8-4-2-7(3-5-8)11-9(12)6-14-10(11)15/h2-5H,6H2,1H3. The molecule has 0 aromatic heterocycles. The van der Waals surface area contributed by atoms with Gasteiger partial charge in [-0.2, -0.15) is 0 Å². The van der Waals surface area contributed by atoms with E-state index in [0.717, 1.165) is 15.3 Å². The van der Waals surface area contributed by atoms with Gasteiger partial charge in [0, 0.05) is 0 Å². The number of hydrogen-bond acceptors (Lipinski definition) is 3. The molecule has 1 aliphatic heterocycles. The van der Waals surface area contributed by atoms with Crippen LogP contribution in [0.4, 0.5) is 5.69 Å². The molecule has 3 nitrogen and oxygen atoms in total. The van der Waals surface area contributed by atoms with Gasteiger partial charge >= 0.3 is 100 Å². The summed E-state index contributed by atoms with van der Waals surface area (Å²) in [7, 11) is 1.62. The number of amides is 1. The van der Waals surface area contributed by atoms with Gasteiger partial charge in [0.25, 0.3) is 0 Å². The van der Waals surface area contributed by atoms with E-state index in [9.17, 15) is 4.79 Å². The molecular formula is C10H9NO2SSe. The third kappa shape index (κ3) is 2.09. The molecule has 0 aliphatic carbocycles. The number of thioether (sulfide) groups is 1. The van der Waals surface area contributed by atoms with Crippen molar-refractivity contribution in [2.45, 2.75) is 0 Å². The van der Waals surface area contributed by atoms with E-state index >= 15 is 0 Å². The molecule has 1 fully saturated rings. The van der Waals surface area contributed by atoms with Gasteiger partial charge in [-0.3, -0.25) is 0 Å². The zero-order chi connectivity index (χ0) is 10.8. The van der Waals surface area contributed by atoms with Crippen LogP contribution in [0, 0.1) is 0 Å². The van der Waals surface area contributed by atoms with E-state index in [-0.39, 0.29) is 5.91 Å².